The fraction of sp³-hybridized carbons (Fsp3) is 0.263. The highest BCUT2D eigenvalue weighted by Crippen LogP contribution is 2.34. The second-order valence-electron chi connectivity index (χ2n) is 6.51. The molecule has 3 amide bonds. The van der Waals surface area contributed by atoms with E-state index >= 15 is 0 Å². The number of nitrogens with one attached hydrogen (secondary N) is 1. The number of benzene rings is 2. The largest absolute Gasteiger partial charge is 0.332 e. The van der Waals surface area contributed by atoms with Gasteiger partial charge in [0.05, 0.1) is 6.04 Å². The summed E-state index contributed by atoms with van der Waals surface area (Å²) >= 11 is 12.0. The first-order valence-corrected chi connectivity index (χ1v) is 9.16. The summed E-state index contributed by atoms with van der Waals surface area (Å²) in [6.07, 6.45) is 0.811. The number of urea groups is 1. The molecule has 0 bridgehead atoms. The molecule has 4 rings (SSSR count). The SMILES string of the molecule is O=C(Nc1ccc(Cl)cc1)N1CC(=O)N2CCc3ccc(Cl)cc3C2C1. The average Bonchev–Trinajstić information content (AvgIpc) is 2.63. The minimum atomic E-state index is -0.297. The highest BCUT2D eigenvalue weighted by molar-refractivity contribution is 6.31. The van der Waals surface area contributed by atoms with Gasteiger partial charge in [-0.25, -0.2) is 4.79 Å². The Bertz CT molecular complexity index is 870. The van der Waals surface area contributed by atoms with Gasteiger partial charge in [-0.05, 0) is 53.9 Å². The fourth-order valence-electron chi connectivity index (χ4n) is 3.58. The number of anilines is 1. The zero-order chi connectivity index (χ0) is 18.3. The van der Waals surface area contributed by atoms with Gasteiger partial charge in [-0.2, -0.15) is 0 Å². The summed E-state index contributed by atoms with van der Waals surface area (Å²) in [5, 5.41) is 4.06. The molecule has 2 aromatic carbocycles. The van der Waals surface area contributed by atoms with E-state index in [2.05, 4.69) is 5.32 Å². The Morgan fingerprint density at radius 2 is 1.81 bits per heavy atom. The summed E-state index contributed by atoms with van der Waals surface area (Å²) in [4.78, 5) is 28.6. The number of carbonyl (C=O) groups is 2. The molecule has 26 heavy (non-hydrogen) atoms. The lowest BCUT2D eigenvalue weighted by Gasteiger charge is -2.44. The molecular formula is C19H17Cl2N3O2. The molecule has 2 aliphatic rings. The smallest absolute Gasteiger partial charge is 0.322 e. The van der Waals surface area contributed by atoms with E-state index in [4.69, 9.17) is 23.2 Å². The number of piperazine rings is 1. The van der Waals surface area contributed by atoms with Crippen molar-refractivity contribution in [2.75, 3.05) is 25.0 Å². The molecule has 5 nitrogen and oxygen atoms in total. The molecule has 2 heterocycles. The maximum absolute atomic E-state index is 12.6. The standard InChI is InChI=1S/C19H17Cl2N3O2/c20-13-3-5-15(6-4-13)22-19(26)23-10-17-16-9-14(21)2-1-12(16)7-8-24(17)18(25)11-23/h1-6,9,17H,7-8,10-11H2,(H,22,26). The van der Waals surface area contributed by atoms with Crippen LogP contribution in [0.25, 0.3) is 0 Å². The van der Waals surface area contributed by atoms with Crippen LogP contribution in [0.5, 0.6) is 0 Å². The molecular weight excluding hydrogens is 373 g/mol. The van der Waals surface area contributed by atoms with Crippen molar-refractivity contribution < 1.29 is 9.59 Å². The van der Waals surface area contributed by atoms with E-state index in [0.29, 0.717) is 28.8 Å². The number of nitrogens with zero attached hydrogens (tertiary/aromatic N) is 2. The van der Waals surface area contributed by atoms with Gasteiger partial charge in [-0.1, -0.05) is 29.3 Å². The maximum Gasteiger partial charge on any atom is 0.322 e. The van der Waals surface area contributed by atoms with Crippen LogP contribution in [-0.4, -0.2) is 41.4 Å². The Kier molecular flexibility index (Phi) is 4.51. The van der Waals surface area contributed by atoms with E-state index in [9.17, 15) is 9.59 Å². The monoisotopic (exact) mass is 389 g/mol. The molecule has 1 unspecified atom stereocenters. The van der Waals surface area contributed by atoms with Crippen molar-refractivity contribution in [1.82, 2.24) is 9.80 Å². The van der Waals surface area contributed by atoms with Crippen LogP contribution in [0, 0.1) is 0 Å². The first kappa shape index (κ1) is 17.2. The van der Waals surface area contributed by atoms with E-state index in [0.717, 1.165) is 12.0 Å². The van der Waals surface area contributed by atoms with Gasteiger partial charge < -0.3 is 15.1 Å². The predicted octanol–water partition coefficient (Wildman–Crippen LogP) is 3.97. The molecule has 0 spiro atoms. The zero-order valence-electron chi connectivity index (χ0n) is 13.9. The van der Waals surface area contributed by atoms with Crippen LogP contribution >= 0.6 is 23.2 Å². The molecule has 7 heteroatoms. The molecule has 0 radical (unpaired) electrons. The lowest BCUT2D eigenvalue weighted by atomic mass is 9.91. The number of carbonyl (C=O) groups excluding carboxylic acids is 2. The summed E-state index contributed by atoms with van der Waals surface area (Å²) in [6.45, 7) is 1.19. The van der Waals surface area contributed by atoms with Gasteiger partial charge in [0, 0.05) is 28.8 Å². The van der Waals surface area contributed by atoms with Crippen LogP contribution in [0.2, 0.25) is 10.0 Å². The summed E-state index contributed by atoms with van der Waals surface area (Å²) < 4.78 is 0. The summed E-state index contributed by atoms with van der Waals surface area (Å²) in [7, 11) is 0. The Morgan fingerprint density at radius 1 is 1.08 bits per heavy atom. The van der Waals surface area contributed by atoms with Crippen LogP contribution < -0.4 is 5.32 Å². The number of hydrogen-bond donors (Lipinski definition) is 1. The van der Waals surface area contributed by atoms with Crippen LogP contribution in [0.4, 0.5) is 10.5 Å². The third kappa shape index (κ3) is 3.24. The van der Waals surface area contributed by atoms with E-state index < -0.39 is 0 Å². The van der Waals surface area contributed by atoms with Gasteiger partial charge in [-0.15, -0.1) is 0 Å². The topological polar surface area (TPSA) is 52.7 Å². The molecule has 0 aromatic heterocycles. The van der Waals surface area contributed by atoms with Gasteiger partial charge in [0.2, 0.25) is 5.91 Å². The minimum Gasteiger partial charge on any atom is -0.332 e. The van der Waals surface area contributed by atoms with Crippen molar-refractivity contribution in [3.63, 3.8) is 0 Å². The normalized spacial score (nSPS) is 19.0. The lowest BCUT2D eigenvalue weighted by molar-refractivity contribution is -0.139. The van der Waals surface area contributed by atoms with E-state index in [-0.39, 0.29) is 24.5 Å². The van der Waals surface area contributed by atoms with Crippen molar-refractivity contribution >= 4 is 40.8 Å². The molecule has 1 N–H and O–H groups in total. The molecule has 1 fully saturated rings. The Balaban J connectivity index is 1.56. The van der Waals surface area contributed by atoms with E-state index in [1.807, 2.05) is 23.1 Å². The molecule has 2 aliphatic heterocycles. The van der Waals surface area contributed by atoms with Gasteiger partial charge in [0.1, 0.15) is 6.54 Å². The summed E-state index contributed by atoms with van der Waals surface area (Å²) in [6, 6.07) is 12.2. The van der Waals surface area contributed by atoms with Crippen LogP contribution in [-0.2, 0) is 11.2 Å². The molecule has 2 aromatic rings. The van der Waals surface area contributed by atoms with Gasteiger partial charge in [0.15, 0.2) is 0 Å². The first-order chi connectivity index (χ1) is 12.5. The fourth-order valence-corrected chi connectivity index (χ4v) is 3.89. The van der Waals surface area contributed by atoms with Crippen molar-refractivity contribution in [2.45, 2.75) is 12.5 Å². The van der Waals surface area contributed by atoms with Gasteiger partial charge in [-0.3, -0.25) is 4.79 Å². The number of hydrogen-bond acceptors (Lipinski definition) is 2. The Labute approximate surface area is 161 Å². The minimum absolute atomic E-state index is 0.0434. The number of halogens is 2. The Hall–Kier alpha value is -2.24. The van der Waals surface area contributed by atoms with Gasteiger partial charge >= 0.3 is 6.03 Å². The van der Waals surface area contributed by atoms with Crippen molar-refractivity contribution in [3.8, 4) is 0 Å². The van der Waals surface area contributed by atoms with E-state index in [1.54, 1.807) is 29.2 Å². The predicted molar refractivity (Wildman–Crippen MR) is 102 cm³/mol. The third-order valence-corrected chi connectivity index (χ3v) is 5.37. The molecule has 1 saturated heterocycles. The van der Waals surface area contributed by atoms with Crippen molar-refractivity contribution in [1.29, 1.82) is 0 Å². The number of rotatable bonds is 1. The molecule has 0 saturated carbocycles. The van der Waals surface area contributed by atoms with Gasteiger partial charge in [0.25, 0.3) is 0 Å². The summed E-state index contributed by atoms with van der Waals surface area (Å²) in [5.41, 5.74) is 2.85. The quantitative estimate of drug-likeness (QED) is 0.801. The van der Waals surface area contributed by atoms with Crippen LogP contribution in [0.1, 0.15) is 17.2 Å². The highest BCUT2D eigenvalue weighted by Gasteiger charge is 2.38. The third-order valence-electron chi connectivity index (χ3n) is 4.89. The van der Waals surface area contributed by atoms with Crippen molar-refractivity contribution in [2.24, 2.45) is 0 Å². The second kappa shape index (κ2) is 6.82. The lowest BCUT2D eigenvalue weighted by Crippen LogP contribution is -2.56. The number of fused-ring (bicyclic) bond motifs is 3. The van der Waals surface area contributed by atoms with E-state index in [1.165, 1.54) is 5.56 Å². The maximum atomic E-state index is 12.6. The molecule has 1 atom stereocenters. The Morgan fingerprint density at radius 3 is 2.58 bits per heavy atom. The highest BCUT2D eigenvalue weighted by atomic mass is 35.5. The van der Waals surface area contributed by atoms with Crippen LogP contribution in [0.15, 0.2) is 42.5 Å². The van der Waals surface area contributed by atoms with Crippen molar-refractivity contribution in [3.05, 3.63) is 63.6 Å². The molecule has 0 aliphatic carbocycles. The molecule has 134 valence electrons. The van der Waals surface area contributed by atoms with Crippen LogP contribution in [0.3, 0.4) is 0 Å². The average molecular weight is 390 g/mol. The number of amides is 3. The second-order valence-corrected chi connectivity index (χ2v) is 7.39. The zero-order valence-corrected chi connectivity index (χ0v) is 15.4. The summed E-state index contributed by atoms with van der Waals surface area (Å²) in [5.74, 6) is -0.0434. The first-order valence-electron chi connectivity index (χ1n) is 8.40.